The average Bonchev–Trinajstić information content (AvgIpc) is 2.77. The molecular formula is C17H20ClN5O2. The topological polar surface area (TPSA) is 95.6 Å². The molecule has 3 N–H and O–H groups in total. The predicted molar refractivity (Wildman–Crippen MR) is 96.9 cm³/mol. The van der Waals surface area contributed by atoms with Crippen LogP contribution in [0.3, 0.4) is 0 Å². The van der Waals surface area contributed by atoms with E-state index in [0.717, 1.165) is 11.3 Å². The van der Waals surface area contributed by atoms with Crippen LogP contribution in [0.2, 0.25) is 5.02 Å². The van der Waals surface area contributed by atoms with Crippen molar-refractivity contribution in [2.24, 2.45) is 0 Å². The molecule has 0 bridgehead atoms. The SMILES string of the molecule is Cc1cc(N2CCCN(C(=O)O)CC2c2ccccc2Cl)nc(N)n1. The number of halogens is 1. The van der Waals surface area contributed by atoms with Crippen LogP contribution in [-0.2, 0) is 0 Å². The van der Waals surface area contributed by atoms with Gasteiger partial charge >= 0.3 is 6.09 Å². The first kappa shape index (κ1) is 17.3. The van der Waals surface area contributed by atoms with Gasteiger partial charge in [-0.1, -0.05) is 29.8 Å². The van der Waals surface area contributed by atoms with Gasteiger partial charge in [0.15, 0.2) is 0 Å². The molecule has 1 unspecified atom stereocenters. The van der Waals surface area contributed by atoms with Gasteiger partial charge in [0.2, 0.25) is 5.95 Å². The van der Waals surface area contributed by atoms with E-state index in [1.807, 2.05) is 37.3 Å². The summed E-state index contributed by atoms with van der Waals surface area (Å²) in [5.74, 6) is 0.884. The lowest BCUT2D eigenvalue weighted by atomic mass is 10.0. The lowest BCUT2D eigenvalue weighted by Gasteiger charge is -2.33. The first-order valence-electron chi connectivity index (χ1n) is 8.06. The fourth-order valence-electron chi connectivity index (χ4n) is 3.17. The van der Waals surface area contributed by atoms with Crippen molar-refractivity contribution >= 4 is 29.5 Å². The molecule has 0 spiro atoms. The second kappa shape index (κ2) is 7.14. The third-order valence-corrected chi connectivity index (χ3v) is 4.63. The molecule has 0 radical (unpaired) electrons. The van der Waals surface area contributed by atoms with Crippen LogP contribution in [0.5, 0.6) is 0 Å². The van der Waals surface area contributed by atoms with Gasteiger partial charge in [0.1, 0.15) is 5.82 Å². The quantitative estimate of drug-likeness (QED) is 0.853. The number of aryl methyl sites for hydroxylation is 1. The first-order chi connectivity index (χ1) is 12.0. The molecule has 1 fully saturated rings. The monoisotopic (exact) mass is 361 g/mol. The Morgan fingerprint density at radius 1 is 1.32 bits per heavy atom. The molecule has 1 amide bonds. The van der Waals surface area contributed by atoms with E-state index in [2.05, 4.69) is 14.9 Å². The van der Waals surface area contributed by atoms with Gasteiger partial charge < -0.3 is 20.6 Å². The number of carbonyl (C=O) groups is 1. The van der Waals surface area contributed by atoms with Crippen molar-refractivity contribution in [2.45, 2.75) is 19.4 Å². The lowest BCUT2D eigenvalue weighted by molar-refractivity contribution is 0.145. The van der Waals surface area contributed by atoms with E-state index in [9.17, 15) is 9.90 Å². The summed E-state index contributed by atoms with van der Waals surface area (Å²) in [6.45, 7) is 3.28. The van der Waals surface area contributed by atoms with Gasteiger partial charge in [-0.25, -0.2) is 9.78 Å². The molecule has 132 valence electrons. The molecule has 1 aromatic carbocycles. The number of hydrogen-bond donors (Lipinski definition) is 2. The molecule has 1 aliphatic rings. The number of rotatable bonds is 2. The third-order valence-electron chi connectivity index (χ3n) is 4.28. The highest BCUT2D eigenvalue weighted by atomic mass is 35.5. The summed E-state index contributed by atoms with van der Waals surface area (Å²) in [5, 5.41) is 10.1. The van der Waals surface area contributed by atoms with Crippen molar-refractivity contribution in [3.8, 4) is 0 Å². The third kappa shape index (κ3) is 3.76. The van der Waals surface area contributed by atoms with Crippen molar-refractivity contribution < 1.29 is 9.90 Å². The van der Waals surface area contributed by atoms with Crippen molar-refractivity contribution in [1.82, 2.24) is 14.9 Å². The van der Waals surface area contributed by atoms with Gasteiger partial charge in [0.25, 0.3) is 0 Å². The van der Waals surface area contributed by atoms with Gasteiger partial charge in [0, 0.05) is 36.4 Å². The highest BCUT2D eigenvalue weighted by molar-refractivity contribution is 6.31. The summed E-state index contributed by atoms with van der Waals surface area (Å²) in [6, 6.07) is 9.09. The molecule has 2 heterocycles. The Balaban J connectivity index is 2.06. The second-order valence-electron chi connectivity index (χ2n) is 6.04. The Morgan fingerprint density at radius 3 is 2.76 bits per heavy atom. The Morgan fingerprint density at radius 2 is 2.08 bits per heavy atom. The number of hydrogen-bond acceptors (Lipinski definition) is 5. The van der Waals surface area contributed by atoms with E-state index in [4.69, 9.17) is 17.3 Å². The van der Waals surface area contributed by atoms with Crippen LogP contribution in [0.4, 0.5) is 16.6 Å². The summed E-state index contributed by atoms with van der Waals surface area (Å²) >= 11 is 6.40. The Labute approximate surface area is 151 Å². The summed E-state index contributed by atoms with van der Waals surface area (Å²) in [7, 11) is 0. The molecule has 1 aromatic heterocycles. The molecule has 8 heteroatoms. The number of nitrogens with zero attached hydrogens (tertiary/aromatic N) is 4. The van der Waals surface area contributed by atoms with E-state index < -0.39 is 6.09 Å². The largest absolute Gasteiger partial charge is 0.465 e. The van der Waals surface area contributed by atoms with Crippen LogP contribution < -0.4 is 10.6 Å². The summed E-state index contributed by atoms with van der Waals surface area (Å²) < 4.78 is 0. The van der Waals surface area contributed by atoms with Gasteiger partial charge in [-0.15, -0.1) is 0 Å². The maximum absolute atomic E-state index is 11.5. The molecule has 2 aromatic rings. The van der Waals surface area contributed by atoms with Gasteiger partial charge in [-0.3, -0.25) is 0 Å². The van der Waals surface area contributed by atoms with Crippen molar-refractivity contribution in [3.05, 3.63) is 46.6 Å². The number of carboxylic acid groups (broad SMARTS) is 1. The van der Waals surface area contributed by atoms with Gasteiger partial charge in [-0.05, 0) is 25.0 Å². The fraction of sp³-hybridized carbons (Fsp3) is 0.353. The molecule has 1 aliphatic heterocycles. The normalized spacial score (nSPS) is 18.1. The van der Waals surface area contributed by atoms with Crippen LogP contribution in [0.25, 0.3) is 0 Å². The summed E-state index contributed by atoms with van der Waals surface area (Å²) in [5.41, 5.74) is 7.45. The number of nitrogens with two attached hydrogens (primary N) is 1. The smallest absolute Gasteiger partial charge is 0.407 e. The maximum atomic E-state index is 11.5. The van der Waals surface area contributed by atoms with E-state index >= 15 is 0 Å². The number of amides is 1. The standard InChI is InChI=1S/C17H20ClN5O2/c1-11-9-15(21-16(19)20-11)23-8-4-7-22(17(24)25)10-14(23)12-5-2-3-6-13(12)18/h2-3,5-6,9,14H,4,7-8,10H2,1H3,(H,24,25)(H2,19,20,21). The zero-order chi connectivity index (χ0) is 18.0. The van der Waals surface area contributed by atoms with Crippen molar-refractivity contribution in [3.63, 3.8) is 0 Å². The summed E-state index contributed by atoms with van der Waals surface area (Å²) in [6.07, 6.45) is -0.242. The van der Waals surface area contributed by atoms with E-state index in [-0.39, 0.29) is 12.0 Å². The highest BCUT2D eigenvalue weighted by Gasteiger charge is 2.30. The van der Waals surface area contributed by atoms with Crippen LogP contribution in [0, 0.1) is 6.92 Å². The van der Waals surface area contributed by atoms with Crippen LogP contribution in [-0.4, -0.2) is 45.7 Å². The number of nitrogen functional groups attached to an aromatic ring is 1. The number of benzene rings is 1. The zero-order valence-electron chi connectivity index (χ0n) is 13.9. The molecule has 0 aliphatic carbocycles. The molecule has 1 saturated heterocycles. The highest BCUT2D eigenvalue weighted by Crippen LogP contribution is 2.33. The molecular weight excluding hydrogens is 342 g/mol. The van der Waals surface area contributed by atoms with Crippen molar-refractivity contribution in [1.29, 1.82) is 0 Å². The number of anilines is 2. The lowest BCUT2D eigenvalue weighted by Crippen LogP contribution is -2.37. The summed E-state index contributed by atoms with van der Waals surface area (Å²) in [4.78, 5) is 23.5. The van der Waals surface area contributed by atoms with Crippen LogP contribution in [0.1, 0.15) is 23.7 Å². The minimum atomic E-state index is -0.933. The molecule has 3 rings (SSSR count). The maximum Gasteiger partial charge on any atom is 0.407 e. The Hall–Kier alpha value is -2.54. The molecule has 25 heavy (non-hydrogen) atoms. The van der Waals surface area contributed by atoms with Crippen LogP contribution >= 0.6 is 11.6 Å². The minimum Gasteiger partial charge on any atom is -0.465 e. The van der Waals surface area contributed by atoms with E-state index in [1.165, 1.54) is 4.90 Å². The Kier molecular flexibility index (Phi) is 4.94. The first-order valence-corrected chi connectivity index (χ1v) is 8.43. The van der Waals surface area contributed by atoms with Gasteiger partial charge in [-0.2, -0.15) is 4.98 Å². The van der Waals surface area contributed by atoms with E-state index in [0.29, 0.717) is 36.9 Å². The Bertz CT molecular complexity index is 765. The minimum absolute atomic E-state index is 0.201. The fourth-order valence-corrected chi connectivity index (χ4v) is 3.43. The van der Waals surface area contributed by atoms with Crippen molar-refractivity contribution in [2.75, 3.05) is 30.3 Å². The second-order valence-corrected chi connectivity index (χ2v) is 6.45. The molecule has 1 atom stereocenters. The van der Waals surface area contributed by atoms with E-state index in [1.54, 1.807) is 0 Å². The average molecular weight is 362 g/mol. The zero-order valence-corrected chi connectivity index (χ0v) is 14.6. The molecule has 7 nitrogen and oxygen atoms in total. The number of aromatic nitrogens is 2. The predicted octanol–water partition coefficient (Wildman–Crippen LogP) is 2.95. The van der Waals surface area contributed by atoms with Crippen LogP contribution in [0.15, 0.2) is 30.3 Å². The van der Waals surface area contributed by atoms with Gasteiger partial charge in [0.05, 0.1) is 6.04 Å². The molecule has 0 saturated carbocycles.